The number of hydrogen-bond acceptors (Lipinski definition) is 1. The van der Waals surface area contributed by atoms with E-state index in [9.17, 15) is 0 Å². The van der Waals surface area contributed by atoms with Crippen LogP contribution in [0, 0.1) is 0 Å². The van der Waals surface area contributed by atoms with Crippen molar-refractivity contribution in [2.45, 2.75) is 19.8 Å². The fourth-order valence-electron chi connectivity index (χ4n) is 1.57. The highest BCUT2D eigenvalue weighted by atomic mass is 14.7. The Morgan fingerprint density at radius 3 is 2.40 bits per heavy atom. The van der Waals surface area contributed by atoms with E-state index in [1.807, 2.05) is 24.4 Å². The lowest BCUT2D eigenvalue weighted by atomic mass is 10.0. The Hall–Kier alpha value is -1.63. The van der Waals surface area contributed by atoms with Crippen LogP contribution in [-0.4, -0.2) is 4.98 Å². The summed E-state index contributed by atoms with van der Waals surface area (Å²) < 4.78 is 0. The number of benzene rings is 1. The first-order valence-corrected chi connectivity index (χ1v) is 5.29. The summed E-state index contributed by atoms with van der Waals surface area (Å²) in [5.41, 5.74) is 3.57. The lowest BCUT2D eigenvalue weighted by molar-refractivity contribution is 0.864. The largest absolute Gasteiger partial charge is 0.256 e. The standard InChI is InChI=1S/C14H15N/c1-11(2)13-8-9-15-14(10-13)12-6-4-3-5-7-12/h3-11H,1-2H3. The van der Waals surface area contributed by atoms with E-state index in [0.29, 0.717) is 5.92 Å². The maximum absolute atomic E-state index is 4.39. The highest BCUT2D eigenvalue weighted by Gasteiger charge is 2.02. The summed E-state index contributed by atoms with van der Waals surface area (Å²) in [5, 5.41) is 0. The van der Waals surface area contributed by atoms with Gasteiger partial charge in [-0.15, -0.1) is 0 Å². The Balaban J connectivity index is 2.42. The molecular formula is C14H15N. The van der Waals surface area contributed by atoms with Crippen LogP contribution in [0.1, 0.15) is 25.3 Å². The molecule has 0 unspecified atom stereocenters. The van der Waals surface area contributed by atoms with Crippen LogP contribution in [-0.2, 0) is 0 Å². The van der Waals surface area contributed by atoms with E-state index in [1.54, 1.807) is 0 Å². The minimum atomic E-state index is 0.551. The van der Waals surface area contributed by atoms with Gasteiger partial charge in [-0.25, -0.2) is 0 Å². The Morgan fingerprint density at radius 1 is 1.00 bits per heavy atom. The van der Waals surface area contributed by atoms with Crippen LogP contribution < -0.4 is 0 Å². The molecule has 0 aliphatic heterocycles. The molecule has 1 aromatic heterocycles. The van der Waals surface area contributed by atoms with Crippen molar-refractivity contribution in [3.05, 3.63) is 54.2 Å². The van der Waals surface area contributed by atoms with Crippen molar-refractivity contribution in [2.24, 2.45) is 0 Å². The van der Waals surface area contributed by atoms with Gasteiger partial charge in [0, 0.05) is 11.8 Å². The van der Waals surface area contributed by atoms with Crippen molar-refractivity contribution in [1.82, 2.24) is 4.98 Å². The first-order chi connectivity index (χ1) is 7.27. The van der Waals surface area contributed by atoms with E-state index in [4.69, 9.17) is 0 Å². The molecule has 76 valence electrons. The number of rotatable bonds is 2. The van der Waals surface area contributed by atoms with E-state index >= 15 is 0 Å². The molecular weight excluding hydrogens is 182 g/mol. The van der Waals surface area contributed by atoms with Gasteiger partial charge < -0.3 is 0 Å². The fraction of sp³-hybridized carbons (Fsp3) is 0.214. The van der Waals surface area contributed by atoms with E-state index in [1.165, 1.54) is 11.1 Å². The first kappa shape index (κ1) is 9.91. The van der Waals surface area contributed by atoms with Crippen LogP contribution in [0.2, 0.25) is 0 Å². The average molecular weight is 197 g/mol. The topological polar surface area (TPSA) is 12.9 Å². The predicted molar refractivity (Wildman–Crippen MR) is 63.8 cm³/mol. The maximum Gasteiger partial charge on any atom is 0.0704 e. The zero-order valence-corrected chi connectivity index (χ0v) is 9.14. The van der Waals surface area contributed by atoms with Crippen molar-refractivity contribution < 1.29 is 0 Å². The summed E-state index contributed by atoms with van der Waals surface area (Å²) in [4.78, 5) is 4.39. The van der Waals surface area contributed by atoms with Crippen LogP contribution in [0.3, 0.4) is 0 Å². The van der Waals surface area contributed by atoms with Crippen LogP contribution in [0.5, 0.6) is 0 Å². The summed E-state index contributed by atoms with van der Waals surface area (Å²) in [6, 6.07) is 14.5. The molecule has 0 spiro atoms. The number of aromatic nitrogens is 1. The number of hydrogen-bond donors (Lipinski definition) is 0. The molecule has 0 bridgehead atoms. The summed E-state index contributed by atoms with van der Waals surface area (Å²) >= 11 is 0. The highest BCUT2D eigenvalue weighted by molar-refractivity contribution is 5.59. The maximum atomic E-state index is 4.39. The van der Waals surface area contributed by atoms with Crippen LogP contribution in [0.15, 0.2) is 48.7 Å². The Bertz CT molecular complexity index is 432. The second-order valence-electron chi connectivity index (χ2n) is 4.00. The number of pyridine rings is 1. The quantitative estimate of drug-likeness (QED) is 0.712. The minimum absolute atomic E-state index is 0.551. The zero-order valence-electron chi connectivity index (χ0n) is 9.14. The Morgan fingerprint density at radius 2 is 1.73 bits per heavy atom. The minimum Gasteiger partial charge on any atom is -0.256 e. The molecule has 0 saturated carbocycles. The predicted octanol–water partition coefficient (Wildman–Crippen LogP) is 3.87. The number of nitrogens with zero attached hydrogens (tertiary/aromatic N) is 1. The summed E-state index contributed by atoms with van der Waals surface area (Å²) in [7, 11) is 0. The summed E-state index contributed by atoms with van der Waals surface area (Å²) in [5.74, 6) is 0.551. The Labute approximate surface area is 90.8 Å². The van der Waals surface area contributed by atoms with E-state index < -0.39 is 0 Å². The van der Waals surface area contributed by atoms with Gasteiger partial charge in [0.25, 0.3) is 0 Å². The molecule has 0 atom stereocenters. The third-order valence-corrected chi connectivity index (χ3v) is 2.52. The molecule has 1 aromatic carbocycles. The lowest BCUT2D eigenvalue weighted by Crippen LogP contribution is -1.90. The second-order valence-corrected chi connectivity index (χ2v) is 4.00. The van der Waals surface area contributed by atoms with Gasteiger partial charge >= 0.3 is 0 Å². The molecule has 0 amide bonds. The molecule has 1 heterocycles. The van der Waals surface area contributed by atoms with Gasteiger partial charge in [0.05, 0.1) is 5.69 Å². The third kappa shape index (κ3) is 2.24. The lowest BCUT2D eigenvalue weighted by Gasteiger charge is -2.07. The van der Waals surface area contributed by atoms with Crippen molar-refractivity contribution in [2.75, 3.05) is 0 Å². The average Bonchev–Trinajstić information content (AvgIpc) is 2.30. The van der Waals surface area contributed by atoms with E-state index in [2.05, 4.69) is 43.1 Å². The molecule has 1 nitrogen and oxygen atoms in total. The molecule has 2 rings (SSSR count). The molecule has 0 aliphatic carbocycles. The zero-order chi connectivity index (χ0) is 10.7. The monoisotopic (exact) mass is 197 g/mol. The second kappa shape index (κ2) is 4.26. The van der Waals surface area contributed by atoms with Gasteiger partial charge in [-0.2, -0.15) is 0 Å². The normalized spacial score (nSPS) is 10.6. The van der Waals surface area contributed by atoms with E-state index in [-0.39, 0.29) is 0 Å². The first-order valence-electron chi connectivity index (χ1n) is 5.29. The van der Waals surface area contributed by atoms with Crippen molar-refractivity contribution in [3.63, 3.8) is 0 Å². The molecule has 0 saturated heterocycles. The van der Waals surface area contributed by atoms with Gasteiger partial charge in [0.15, 0.2) is 0 Å². The fourth-order valence-corrected chi connectivity index (χ4v) is 1.57. The molecule has 0 N–H and O–H groups in total. The SMILES string of the molecule is CC(C)c1ccnc(-c2ccccc2)c1. The van der Waals surface area contributed by atoms with Crippen molar-refractivity contribution in [3.8, 4) is 11.3 Å². The molecule has 1 heteroatoms. The van der Waals surface area contributed by atoms with Crippen molar-refractivity contribution in [1.29, 1.82) is 0 Å². The van der Waals surface area contributed by atoms with Gasteiger partial charge in [0.2, 0.25) is 0 Å². The van der Waals surface area contributed by atoms with Gasteiger partial charge in [-0.1, -0.05) is 44.2 Å². The Kier molecular flexibility index (Phi) is 2.82. The smallest absolute Gasteiger partial charge is 0.0704 e. The van der Waals surface area contributed by atoms with Crippen molar-refractivity contribution >= 4 is 0 Å². The molecule has 2 aromatic rings. The van der Waals surface area contributed by atoms with Crippen LogP contribution in [0.25, 0.3) is 11.3 Å². The molecule has 15 heavy (non-hydrogen) atoms. The van der Waals surface area contributed by atoms with Gasteiger partial charge in [0.1, 0.15) is 0 Å². The van der Waals surface area contributed by atoms with Crippen LogP contribution in [0.4, 0.5) is 0 Å². The summed E-state index contributed by atoms with van der Waals surface area (Å²) in [6.45, 7) is 4.40. The van der Waals surface area contributed by atoms with E-state index in [0.717, 1.165) is 5.69 Å². The molecule has 0 radical (unpaired) electrons. The third-order valence-electron chi connectivity index (χ3n) is 2.52. The van der Waals surface area contributed by atoms with Gasteiger partial charge in [-0.05, 0) is 23.6 Å². The molecule has 0 aliphatic rings. The van der Waals surface area contributed by atoms with Crippen LogP contribution >= 0.6 is 0 Å². The van der Waals surface area contributed by atoms with Gasteiger partial charge in [-0.3, -0.25) is 4.98 Å². The summed E-state index contributed by atoms with van der Waals surface area (Å²) in [6.07, 6.45) is 1.89. The molecule has 0 fully saturated rings. The highest BCUT2D eigenvalue weighted by Crippen LogP contribution is 2.21.